The molecule has 39 heavy (non-hydrogen) atoms. The van der Waals surface area contributed by atoms with E-state index in [2.05, 4.69) is 38.1 Å². The Labute approximate surface area is 226 Å². The van der Waals surface area contributed by atoms with Crippen LogP contribution in [0.4, 0.5) is 13.2 Å². The van der Waals surface area contributed by atoms with Gasteiger partial charge in [0.1, 0.15) is 17.9 Å². The van der Waals surface area contributed by atoms with Crippen LogP contribution in [0.3, 0.4) is 0 Å². The molecule has 4 rings (SSSR count). The largest absolute Gasteiger partial charge is 0.487 e. The highest BCUT2D eigenvalue weighted by atomic mass is 19.4. The fraction of sp³-hybridized carbons (Fsp3) is 0.355. The molecular formula is C31H32F3NO4. The number of halogens is 3. The first-order valence-corrected chi connectivity index (χ1v) is 13.0. The van der Waals surface area contributed by atoms with Gasteiger partial charge in [0.05, 0.1) is 5.56 Å². The molecule has 0 saturated heterocycles. The number of carboxylic acids is 1. The molecule has 1 aliphatic rings. The maximum Gasteiger partial charge on any atom is 0.416 e. The van der Waals surface area contributed by atoms with E-state index < -0.39 is 35.8 Å². The molecule has 1 amide bonds. The summed E-state index contributed by atoms with van der Waals surface area (Å²) in [5, 5.41) is 9.36. The Hall–Kier alpha value is -3.81. The van der Waals surface area contributed by atoms with Gasteiger partial charge in [0.25, 0.3) is 5.91 Å². The average Bonchev–Trinajstić information content (AvgIpc) is 2.88. The van der Waals surface area contributed by atoms with Crippen molar-refractivity contribution in [1.82, 2.24) is 4.90 Å². The Balaban J connectivity index is 1.47. The van der Waals surface area contributed by atoms with Gasteiger partial charge in [0.2, 0.25) is 0 Å². The highest BCUT2D eigenvalue weighted by Crippen LogP contribution is 2.36. The molecule has 1 heterocycles. The molecule has 1 unspecified atom stereocenters. The fourth-order valence-electron chi connectivity index (χ4n) is 4.96. The predicted molar refractivity (Wildman–Crippen MR) is 142 cm³/mol. The number of ether oxygens (including phenoxy) is 1. The third-order valence-corrected chi connectivity index (χ3v) is 6.99. The Morgan fingerprint density at radius 3 is 2.23 bits per heavy atom. The van der Waals surface area contributed by atoms with Gasteiger partial charge in [-0.25, -0.2) is 0 Å². The van der Waals surface area contributed by atoms with Crippen LogP contribution >= 0.6 is 0 Å². The smallest absolute Gasteiger partial charge is 0.416 e. The second-order valence-electron chi connectivity index (χ2n) is 10.4. The van der Waals surface area contributed by atoms with E-state index in [1.807, 2.05) is 0 Å². The molecule has 0 bridgehead atoms. The molecule has 0 radical (unpaired) electrons. The van der Waals surface area contributed by atoms with Gasteiger partial charge in [-0.05, 0) is 78.8 Å². The van der Waals surface area contributed by atoms with Crippen LogP contribution in [0.5, 0.6) is 5.75 Å². The van der Waals surface area contributed by atoms with Crippen LogP contribution < -0.4 is 4.74 Å². The topological polar surface area (TPSA) is 66.8 Å². The first-order valence-electron chi connectivity index (χ1n) is 13.0. The quantitative estimate of drug-likeness (QED) is 0.328. The minimum absolute atomic E-state index is 0.133. The van der Waals surface area contributed by atoms with Crippen LogP contribution in [0.15, 0.2) is 66.7 Å². The minimum Gasteiger partial charge on any atom is -0.487 e. The second-order valence-corrected chi connectivity index (χ2v) is 10.4. The number of rotatable bonds is 9. The number of nitrogens with zero attached hydrogens (tertiary/aromatic N) is 1. The fourth-order valence-corrected chi connectivity index (χ4v) is 4.96. The summed E-state index contributed by atoms with van der Waals surface area (Å²) >= 11 is 0. The van der Waals surface area contributed by atoms with Gasteiger partial charge >= 0.3 is 12.1 Å². The molecule has 1 N–H and O–H groups in total. The second kappa shape index (κ2) is 11.5. The van der Waals surface area contributed by atoms with Crippen molar-refractivity contribution in [1.29, 1.82) is 0 Å². The SMILES string of the molecule is CCCc1ccc(CC2(C)CCc3cc(C(=O)N(CC(=O)O)Cc4ccc(C(F)(F)F)cc4)ccc3O2)cc1. The van der Waals surface area contributed by atoms with E-state index in [-0.39, 0.29) is 6.54 Å². The third-order valence-electron chi connectivity index (χ3n) is 6.99. The standard InChI is InChI=1S/C31H32F3NO4/c1-3-4-21-5-7-22(8-6-21)18-30(2)16-15-24-17-25(11-14-27(24)39-30)29(38)35(20-28(36)37)19-23-9-12-26(13-10-23)31(32,33)34/h5-14,17H,3-4,15-16,18-20H2,1-2H3,(H,36,37). The molecule has 1 aliphatic heterocycles. The summed E-state index contributed by atoms with van der Waals surface area (Å²) in [5.74, 6) is -1.04. The number of carbonyl (C=O) groups excluding carboxylic acids is 1. The number of amides is 1. The van der Waals surface area contributed by atoms with Crippen LogP contribution in [0, 0.1) is 0 Å². The van der Waals surface area contributed by atoms with E-state index in [0.29, 0.717) is 23.3 Å². The van der Waals surface area contributed by atoms with Crippen LogP contribution in [0.25, 0.3) is 0 Å². The molecule has 0 aliphatic carbocycles. The Morgan fingerprint density at radius 1 is 0.974 bits per heavy atom. The lowest BCUT2D eigenvalue weighted by molar-refractivity contribution is -0.138. The number of carbonyl (C=O) groups is 2. The summed E-state index contributed by atoms with van der Waals surface area (Å²) in [4.78, 5) is 25.9. The Bertz CT molecular complexity index is 1320. The lowest BCUT2D eigenvalue weighted by Gasteiger charge is -2.36. The summed E-state index contributed by atoms with van der Waals surface area (Å²) in [7, 11) is 0. The average molecular weight is 540 g/mol. The number of carboxylic acid groups (broad SMARTS) is 1. The maximum absolute atomic E-state index is 13.3. The molecule has 5 nitrogen and oxygen atoms in total. The zero-order valence-corrected chi connectivity index (χ0v) is 22.1. The third kappa shape index (κ3) is 7.19. The summed E-state index contributed by atoms with van der Waals surface area (Å²) in [6.07, 6.45) is -0.132. The molecule has 3 aromatic rings. The zero-order valence-electron chi connectivity index (χ0n) is 22.1. The van der Waals surface area contributed by atoms with Crippen molar-refractivity contribution in [2.75, 3.05) is 6.54 Å². The summed E-state index contributed by atoms with van der Waals surface area (Å²) < 4.78 is 45.0. The van der Waals surface area contributed by atoms with Gasteiger partial charge in [-0.15, -0.1) is 0 Å². The van der Waals surface area contributed by atoms with Crippen LogP contribution in [-0.2, 0) is 36.8 Å². The highest BCUT2D eigenvalue weighted by molar-refractivity contribution is 5.96. The molecule has 1 atom stereocenters. The van der Waals surface area contributed by atoms with Crippen LogP contribution in [0.1, 0.15) is 64.9 Å². The van der Waals surface area contributed by atoms with E-state index in [0.717, 1.165) is 48.3 Å². The van der Waals surface area contributed by atoms with Crippen molar-refractivity contribution >= 4 is 11.9 Å². The number of alkyl halides is 3. The molecule has 206 valence electrons. The van der Waals surface area contributed by atoms with Crippen molar-refractivity contribution in [2.45, 2.75) is 64.3 Å². The molecule has 0 fully saturated rings. The molecule has 0 saturated carbocycles. The van der Waals surface area contributed by atoms with Crippen molar-refractivity contribution in [3.05, 3.63) is 100 Å². The first-order chi connectivity index (χ1) is 18.5. The van der Waals surface area contributed by atoms with Crippen LogP contribution in [0.2, 0.25) is 0 Å². The number of aliphatic carboxylic acids is 1. The van der Waals surface area contributed by atoms with Gasteiger partial charge < -0.3 is 14.7 Å². The van der Waals surface area contributed by atoms with E-state index in [1.54, 1.807) is 18.2 Å². The van der Waals surface area contributed by atoms with Gasteiger partial charge in [-0.1, -0.05) is 49.7 Å². The molecule has 0 aromatic heterocycles. The number of aryl methyl sites for hydroxylation is 2. The predicted octanol–water partition coefficient (Wildman–Crippen LogP) is 6.71. The normalized spacial score (nSPS) is 16.7. The van der Waals surface area contributed by atoms with Gasteiger partial charge in [0.15, 0.2) is 0 Å². The van der Waals surface area contributed by atoms with Crippen molar-refractivity contribution in [3.63, 3.8) is 0 Å². The monoisotopic (exact) mass is 539 g/mol. The Kier molecular flexibility index (Phi) is 8.33. The minimum atomic E-state index is -4.48. The summed E-state index contributed by atoms with van der Waals surface area (Å²) in [6.45, 7) is 3.52. The van der Waals surface area contributed by atoms with Crippen molar-refractivity contribution < 1.29 is 32.6 Å². The maximum atomic E-state index is 13.3. The zero-order chi connectivity index (χ0) is 28.2. The summed E-state index contributed by atoms with van der Waals surface area (Å²) in [5.41, 5.74) is 2.87. The van der Waals surface area contributed by atoms with Crippen molar-refractivity contribution in [3.8, 4) is 5.75 Å². The lowest BCUT2D eigenvalue weighted by atomic mass is 9.86. The van der Waals surface area contributed by atoms with Gasteiger partial charge in [0, 0.05) is 18.5 Å². The summed E-state index contributed by atoms with van der Waals surface area (Å²) in [6, 6.07) is 18.0. The van der Waals surface area contributed by atoms with E-state index >= 15 is 0 Å². The first kappa shape index (κ1) is 28.2. The van der Waals surface area contributed by atoms with E-state index in [1.165, 1.54) is 23.3 Å². The molecule has 3 aromatic carbocycles. The molecular weight excluding hydrogens is 507 g/mol. The highest BCUT2D eigenvalue weighted by Gasteiger charge is 2.33. The van der Waals surface area contributed by atoms with Crippen molar-refractivity contribution in [2.24, 2.45) is 0 Å². The number of hydrogen-bond donors (Lipinski definition) is 1. The van der Waals surface area contributed by atoms with Gasteiger partial charge in [-0.3, -0.25) is 9.59 Å². The molecule has 8 heteroatoms. The van der Waals surface area contributed by atoms with E-state index in [9.17, 15) is 27.9 Å². The number of hydrogen-bond acceptors (Lipinski definition) is 3. The van der Waals surface area contributed by atoms with Gasteiger partial charge in [-0.2, -0.15) is 13.2 Å². The number of benzene rings is 3. The molecule has 0 spiro atoms. The van der Waals surface area contributed by atoms with Crippen LogP contribution in [-0.4, -0.2) is 34.0 Å². The number of fused-ring (bicyclic) bond motifs is 1. The lowest BCUT2D eigenvalue weighted by Crippen LogP contribution is -2.39. The van der Waals surface area contributed by atoms with E-state index in [4.69, 9.17) is 4.74 Å². The Morgan fingerprint density at radius 2 is 1.62 bits per heavy atom.